The second kappa shape index (κ2) is 6.05. The lowest BCUT2D eigenvalue weighted by Crippen LogP contribution is -2.20. The summed E-state index contributed by atoms with van der Waals surface area (Å²) in [6, 6.07) is 4.98. The van der Waals surface area contributed by atoms with Crippen LogP contribution < -0.4 is 10.2 Å². The minimum Gasteiger partial charge on any atom is -0.487 e. The molecular formula is C11H17N3O3. The molecule has 1 aromatic rings. The number of nitrogens with zero attached hydrogens (tertiary/aromatic N) is 2. The zero-order valence-corrected chi connectivity index (χ0v) is 10.3. The molecule has 6 heteroatoms. The van der Waals surface area contributed by atoms with Gasteiger partial charge in [0.25, 0.3) is 0 Å². The summed E-state index contributed by atoms with van der Waals surface area (Å²) in [5, 5.41) is 12.7. The van der Waals surface area contributed by atoms with E-state index in [4.69, 9.17) is 4.74 Å². The summed E-state index contributed by atoms with van der Waals surface area (Å²) < 4.78 is 5.37. The van der Waals surface area contributed by atoms with E-state index < -0.39 is 4.92 Å². The number of ether oxygens (including phenoxy) is 1. The van der Waals surface area contributed by atoms with Crippen molar-refractivity contribution in [3.05, 3.63) is 28.3 Å². The van der Waals surface area contributed by atoms with Crippen LogP contribution in [0.1, 0.15) is 13.3 Å². The summed E-state index contributed by atoms with van der Waals surface area (Å²) >= 11 is 0. The molecule has 1 aromatic carbocycles. The molecule has 0 aliphatic heterocycles. The summed E-state index contributed by atoms with van der Waals surface area (Å²) in [6.45, 7) is 2.42. The Hall–Kier alpha value is -1.82. The van der Waals surface area contributed by atoms with Crippen molar-refractivity contribution in [1.82, 2.24) is 5.01 Å². The van der Waals surface area contributed by atoms with E-state index in [0.29, 0.717) is 18.0 Å². The van der Waals surface area contributed by atoms with Gasteiger partial charge in [-0.25, -0.2) is 5.01 Å². The predicted octanol–water partition coefficient (Wildman–Crippen LogP) is 2.27. The standard InChI is InChI=1S/C11H17N3O3/c1-4-8-17-10-7-5-6-9(12-13(2)3)11(10)14(15)16/h5-7,12H,4,8H2,1-3H3. The number of para-hydroxylation sites is 1. The Bertz CT molecular complexity index is 394. The minimum atomic E-state index is -0.434. The lowest BCUT2D eigenvalue weighted by Gasteiger charge is -2.15. The fraction of sp³-hybridized carbons (Fsp3) is 0.455. The highest BCUT2D eigenvalue weighted by Gasteiger charge is 2.21. The molecule has 0 saturated carbocycles. The van der Waals surface area contributed by atoms with Gasteiger partial charge in [0.15, 0.2) is 5.75 Å². The highest BCUT2D eigenvalue weighted by atomic mass is 16.6. The number of nitro groups is 1. The first-order valence-corrected chi connectivity index (χ1v) is 5.40. The highest BCUT2D eigenvalue weighted by Crippen LogP contribution is 2.34. The van der Waals surface area contributed by atoms with Crippen LogP contribution in [0.5, 0.6) is 5.75 Å². The Morgan fingerprint density at radius 1 is 1.47 bits per heavy atom. The Kier molecular flexibility index (Phi) is 4.71. The second-order valence-corrected chi connectivity index (χ2v) is 3.76. The number of hydrazine groups is 1. The maximum absolute atomic E-state index is 11.1. The van der Waals surface area contributed by atoms with E-state index in [0.717, 1.165) is 6.42 Å². The number of anilines is 1. The molecule has 0 fully saturated rings. The zero-order valence-electron chi connectivity index (χ0n) is 10.3. The van der Waals surface area contributed by atoms with Gasteiger partial charge in [-0.15, -0.1) is 0 Å². The molecule has 1 rings (SSSR count). The monoisotopic (exact) mass is 239 g/mol. The second-order valence-electron chi connectivity index (χ2n) is 3.76. The molecule has 0 aliphatic carbocycles. The van der Waals surface area contributed by atoms with E-state index in [2.05, 4.69) is 5.43 Å². The topological polar surface area (TPSA) is 67.6 Å². The third kappa shape index (κ3) is 3.60. The average molecular weight is 239 g/mol. The van der Waals surface area contributed by atoms with Gasteiger partial charge in [-0.05, 0) is 18.6 Å². The third-order valence-electron chi connectivity index (χ3n) is 1.99. The first-order valence-electron chi connectivity index (χ1n) is 5.40. The Morgan fingerprint density at radius 2 is 2.18 bits per heavy atom. The van der Waals surface area contributed by atoms with Gasteiger partial charge >= 0.3 is 5.69 Å². The quantitative estimate of drug-likeness (QED) is 0.609. The lowest BCUT2D eigenvalue weighted by atomic mass is 10.2. The van der Waals surface area contributed by atoms with Gasteiger partial charge in [0, 0.05) is 14.1 Å². The maximum Gasteiger partial charge on any atom is 0.335 e. The minimum absolute atomic E-state index is 0.0327. The van der Waals surface area contributed by atoms with Crippen molar-refractivity contribution in [2.75, 3.05) is 26.1 Å². The van der Waals surface area contributed by atoms with Gasteiger partial charge in [0.05, 0.1) is 11.5 Å². The molecular weight excluding hydrogens is 222 g/mol. The van der Waals surface area contributed by atoms with Crippen LogP contribution in [0.25, 0.3) is 0 Å². The Morgan fingerprint density at radius 3 is 2.71 bits per heavy atom. The van der Waals surface area contributed by atoms with Crippen LogP contribution >= 0.6 is 0 Å². The average Bonchev–Trinajstić information content (AvgIpc) is 2.25. The molecule has 0 spiro atoms. The van der Waals surface area contributed by atoms with Crippen molar-refractivity contribution in [3.63, 3.8) is 0 Å². The number of benzene rings is 1. The van der Waals surface area contributed by atoms with E-state index in [9.17, 15) is 10.1 Å². The maximum atomic E-state index is 11.1. The highest BCUT2D eigenvalue weighted by molar-refractivity contribution is 5.67. The molecule has 17 heavy (non-hydrogen) atoms. The molecule has 6 nitrogen and oxygen atoms in total. The Balaban J connectivity index is 3.08. The fourth-order valence-corrected chi connectivity index (χ4v) is 1.37. The van der Waals surface area contributed by atoms with Gasteiger partial charge in [0.1, 0.15) is 5.69 Å². The van der Waals surface area contributed by atoms with Crippen LogP contribution in [0.2, 0.25) is 0 Å². The molecule has 0 amide bonds. The van der Waals surface area contributed by atoms with Crippen molar-refractivity contribution >= 4 is 11.4 Å². The van der Waals surface area contributed by atoms with E-state index >= 15 is 0 Å². The SMILES string of the molecule is CCCOc1cccc(NN(C)C)c1[N+](=O)[O-]. The van der Waals surface area contributed by atoms with Crippen LogP contribution in [0, 0.1) is 10.1 Å². The van der Waals surface area contributed by atoms with Gasteiger partial charge < -0.3 is 10.2 Å². The number of nitro benzene ring substituents is 1. The molecule has 0 saturated heterocycles. The predicted molar refractivity (Wildman–Crippen MR) is 66.2 cm³/mol. The molecule has 1 N–H and O–H groups in total. The van der Waals surface area contributed by atoms with Crippen molar-refractivity contribution in [1.29, 1.82) is 0 Å². The van der Waals surface area contributed by atoms with Crippen molar-refractivity contribution < 1.29 is 9.66 Å². The molecule has 0 aliphatic rings. The molecule has 0 radical (unpaired) electrons. The molecule has 0 unspecified atom stereocenters. The van der Waals surface area contributed by atoms with E-state index in [1.54, 1.807) is 37.3 Å². The van der Waals surface area contributed by atoms with Gasteiger partial charge in [-0.2, -0.15) is 0 Å². The van der Waals surface area contributed by atoms with E-state index in [1.807, 2.05) is 6.92 Å². The summed E-state index contributed by atoms with van der Waals surface area (Å²) in [5.74, 6) is 0.295. The lowest BCUT2D eigenvalue weighted by molar-refractivity contribution is -0.385. The van der Waals surface area contributed by atoms with E-state index in [-0.39, 0.29) is 5.69 Å². The molecule has 94 valence electrons. The number of rotatable bonds is 6. The van der Waals surface area contributed by atoms with Crippen LogP contribution in [0.3, 0.4) is 0 Å². The zero-order chi connectivity index (χ0) is 12.8. The molecule has 0 heterocycles. The number of nitrogens with one attached hydrogen (secondary N) is 1. The summed E-state index contributed by atoms with van der Waals surface area (Å²) in [6.07, 6.45) is 0.808. The van der Waals surface area contributed by atoms with Crippen molar-refractivity contribution in [2.24, 2.45) is 0 Å². The van der Waals surface area contributed by atoms with Crippen LogP contribution in [0.15, 0.2) is 18.2 Å². The van der Waals surface area contributed by atoms with Crippen molar-refractivity contribution in [2.45, 2.75) is 13.3 Å². The number of hydrogen-bond donors (Lipinski definition) is 1. The summed E-state index contributed by atoms with van der Waals surface area (Å²) in [5.41, 5.74) is 3.28. The number of hydrogen-bond acceptors (Lipinski definition) is 5. The largest absolute Gasteiger partial charge is 0.487 e. The van der Waals surface area contributed by atoms with Gasteiger partial charge in [-0.3, -0.25) is 10.1 Å². The first-order chi connectivity index (χ1) is 8.06. The normalized spacial score (nSPS) is 10.4. The first kappa shape index (κ1) is 13.2. The Labute approximate surface area is 100 Å². The van der Waals surface area contributed by atoms with E-state index in [1.165, 1.54) is 0 Å². The summed E-state index contributed by atoms with van der Waals surface area (Å²) in [4.78, 5) is 10.6. The van der Waals surface area contributed by atoms with Gasteiger partial charge in [0.2, 0.25) is 0 Å². The summed E-state index contributed by atoms with van der Waals surface area (Å²) in [7, 11) is 3.53. The van der Waals surface area contributed by atoms with Crippen LogP contribution in [-0.4, -0.2) is 30.6 Å². The molecule has 0 aromatic heterocycles. The molecule has 0 bridgehead atoms. The van der Waals surface area contributed by atoms with Crippen LogP contribution in [-0.2, 0) is 0 Å². The third-order valence-corrected chi connectivity index (χ3v) is 1.99. The molecule has 0 atom stereocenters. The van der Waals surface area contributed by atoms with Crippen LogP contribution in [0.4, 0.5) is 11.4 Å². The van der Waals surface area contributed by atoms with Crippen molar-refractivity contribution in [3.8, 4) is 5.75 Å². The fourth-order valence-electron chi connectivity index (χ4n) is 1.37. The smallest absolute Gasteiger partial charge is 0.335 e. The van der Waals surface area contributed by atoms with Gasteiger partial charge in [-0.1, -0.05) is 13.0 Å².